The average Bonchev–Trinajstić information content (AvgIpc) is 2.74. The van der Waals surface area contributed by atoms with Gasteiger partial charge in [-0.15, -0.1) is 0 Å². The average molecular weight is 468 g/mol. The molecular formula is C26H20AgN2. The summed E-state index contributed by atoms with van der Waals surface area (Å²) in [5, 5.41) is 2.28. The number of fused-ring (bicyclic) bond motifs is 3. The Morgan fingerprint density at radius 3 is 1.28 bits per heavy atom. The standard InChI is InChI=1S/C26H20N2.Ag/c1-17-15-23(19-9-5-3-6-10-19)21-13-14-22-24(20-11-7-4-8-12-20)16-18(2)28-26(22)25(21)27-17;/h3-16H,1-2H3;. The minimum atomic E-state index is 0. The van der Waals surface area contributed by atoms with Crippen LogP contribution in [0.4, 0.5) is 0 Å². The molecule has 2 heterocycles. The number of aromatic nitrogens is 2. The molecule has 0 atom stereocenters. The number of benzene rings is 3. The van der Waals surface area contributed by atoms with Gasteiger partial charge in [-0.2, -0.15) is 0 Å². The molecule has 0 aliphatic carbocycles. The Kier molecular flexibility index (Phi) is 5.33. The molecule has 0 aliphatic rings. The van der Waals surface area contributed by atoms with E-state index in [0.717, 1.165) is 33.2 Å². The van der Waals surface area contributed by atoms with Crippen LogP contribution in [-0.4, -0.2) is 9.97 Å². The van der Waals surface area contributed by atoms with Gasteiger partial charge in [-0.1, -0.05) is 72.8 Å². The van der Waals surface area contributed by atoms with E-state index in [-0.39, 0.29) is 22.4 Å². The summed E-state index contributed by atoms with van der Waals surface area (Å²) in [5.74, 6) is 0. The van der Waals surface area contributed by atoms with Gasteiger partial charge in [-0.25, -0.2) is 0 Å². The molecule has 0 saturated heterocycles. The molecule has 0 bridgehead atoms. The Bertz CT molecular complexity index is 1210. The number of rotatable bonds is 2. The number of pyridine rings is 2. The van der Waals surface area contributed by atoms with Crippen LogP contribution in [0.15, 0.2) is 84.9 Å². The molecule has 145 valence electrons. The van der Waals surface area contributed by atoms with Gasteiger partial charge in [0.1, 0.15) is 0 Å². The smallest absolute Gasteiger partial charge is 0.0974 e. The SMILES string of the molecule is Cc1cc(-c2ccccc2)c2ccc3c(-c4ccccc4)cc(C)nc3c2n1.[Ag]. The van der Waals surface area contributed by atoms with E-state index in [9.17, 15) is 0 Å². The molecule has 3 aromatic carbocycles. The third-order valence-corrected chi connectivity index (χ3v) is 5.18. The Balaban J connectivity index is 0.00000205. The summed E-state index contributed by atoms with van der Waals surface area (Å²) < 4.78 is 0. The van der Waals surface area contributed by atoms with Crippen LogP contribution in [0.2, 0.25) is 0 Å². The zero-order chi connectivity index (χ0) is 19.1. The van der Waals surface area contributed by atoms with Crippen LogP contribution in [0.5, 0.6) is 0 Å². The molecule has 3 heteroatoms. The second-order valence-corrected chi connectivity index (χ2v) is 7.21. The number of hydrogen-bond acceptors (Lipinski definition) is 2. The van der Waals surface area contributed by atoms with Crippen molar-refractivity contribution >= 4 is 21.8 Å². The van der Waals surface area contributed by atoms with Gasteiger partial charge in [0.15, 0.2) is 0 Å². The van der Waals surface area contributed by atoms with Gasteiger partial charge in [-0.3, -0.25) is 9.97 Å². The van der Waals surface area contributed by atoms with Crippen LogP contribution < -0.4 is 0 Å². The third-order valence-electron chi connectivity index (χ3n) is 5.18. The normalized spacial score (nSPS) is 10.8. The van der Waals surface area contributed by atoms with Gasteiger partial charge in [0.2, 0.25) is 0 Å². The van der Waals surface area contributed by atoms with Crippen LogP contribution in [0.3, 0.4) is 0 Å². The van der Waals surface area contributed by atoms with E-state index < -0.39 is 0 Å². The van der Waals surface area contributed by atoms with Crippen molar-refractivity contribution in [3.63, 3.8) is 0 Å². The predicted molar refractivity (Wildman–Crippen MR) is 117 cm³/mol. The molecule has 29 heavy (non-hydrogen) atoms. The molecule has 1 radical (unpaired) electrons. The summed E-state index contributed by atoms with van der Waals surface area (Å²) in [5.41, 5.74) is 8.76. The minimum absolute atomic E-state index is 0. The second kappa shape index (κ2) is 7.92. The Morgan fingerprint density at radius 1 is 0.517 bits per heavy atom. The van der Waals surface area contributed by atoms with Gasteiger partial charge in [-0.05, 0) is 48.2 Å². The van der Waals surface area contributed by atoms with E-state index in [1.165, 1.54) is 22.3 Å². The zero-order valence-electron chi connectivity index (χ0n) is 16.3. The maximum atomic E-state index is 4.90. The summed E-state index contributed by atoms with van der Waals surface area (Å²) >= 11 is 0. The molecule has 2 aromatic heterocycles. The van der Waals surface area contributed by atoms with Crippen LogP contribution in [-0.2, 0) is 22.4 Å². The molecule has 0 spiro atoms. The third kappa shape index (κ3) is 3.51. The van der Waals surface area contributed by atoms with Crippen LogP contribution >= 0.6 is 0 Å². The topological polar surface area (TPSA) is 25.8 Å². The molecule has 0 unspecified atom stereocenters. The molecule has 0 fully saturated rings. The largest absolute Gasteiger partial charge is 0.251 e. The van der Waals surface area contributed by atoms with E-state index in [4.69, 9.17) is 9.97 Å². The maximum Gasteiger partial charge on any atom is 0.0974 e. The first-order valence-corrected chi connectivity index (χ1v) is 9.53. The summed E-state index contributed by atoms with van der Waals surface area (Å²) in [6.07, 6.45) is 0. The summed E-state index contributed by atoms with van der Waals surface area (Å²) in [6.45, 7) is 4.11. The summed E-state index contributed by atoms with van der Waals surface area (Å²) in [7, 11) is 0. The van der Waals surface area contributed by atoms with Gasteiger partial charge >= 0.3 is 0 Å². The fourth-order valence-corrected chi connectivity index (χ4v) is 3.94. The first kappa shape index (κ1) is 19.5. The molecule has 0 saturated carbocycles. The first-order chi connectivity index (χ1) is 13.7. The van der Waals surface area contributed by atoms with Crippen molar-refractivity contribution in [1.29, 1.82) is 0 Å². The van der Waals surface area contributed by atoms with E-state index in [1.807, 2.05) is 12.1 Å². The molecule has 2 nitrogen and oxygen atoms in total. The predicted octanol–water partition coefficient (Wildman–Crippen LogP) is 6.73. The molecule has 0 aliphatic heterocycles. The van der Waals surface area contributed by atoms with Gasteiger partial charge < -0.3 is 0 Å². The van der Waals surface area contributed by atoms with Crippen molar-refractivity contribution in [3.05, 3.63) is 96.3 Å². The zero-order valence-corrected chi connectivity index (χ0v) is 17.8. The number of nitrogens with zero attached hydrogens (tertiary/aromatic N) is 2. The van der Waals surface area contributed by atoms with E-state index >= 15 is 0 Å². The van der Waals surface area contributed by atoms with Crippen LogP contribution in [0, 0.1) is 13.8 Å². The summed E-state index contributed by atoms with van der Waals surface area (Å²) in [6, 6.07) is 29.7. The fourth-order valence-electron chi connectivity index (χ4n) is 3.94. The van der Waals surface area contributed by atoms with E-state index in [1.54, 1.807) is 0 Å². The first-order valence-electron chi connectivity index (χ1n) is 9.53. The van der Waals surface area contributed by atoms with Crippen molar-refractivity contribution in [2.24, 2.45) is 0 Å². The quantitative estimate of drug-likeness (QED) is 0.212. The van der Waals surface area contributed by atoms with Crippen LogP contribution in [0.25, 0.3) is 44.1 Å². The Morgan fingerprint density at radius 2 is 0.897 bits per heavy atom. The van der Waals surface area contributed by atoms with Crippen molar-refractivity contribution in [3.8, 4) is 22.3 Å². The second-order valence-electron chi connectivity index (χ2n) is 7.21. The Hall–Kier alpha value is -2.78. The summed E-state index contributed by atoms with van der Waals surface area (Å²) in [4.78, 5) is 9.81. The monoisotopic (exact) mass is 467 g/mol. The van der Waals surface area contributed by atoms with Crippen molar-refractivity contribution < 1.29 is 22.4 Å². The van der Waals surface area contributed by atoms with Crippen molar-refractivity contribution in [1.82, 2.24) is 9.97 Å². The van der Waals surface area contributed by atoms with Gasteiger partial charge in [0.05, 0.1) is 11.0 Å². The van der Waals surface area contributed by atoms with E-state index in [2.05, 4.69) is 86.6 Å². The fraction of sp³-hybridized carbons (Fsp3) is 0.0769. The number of aryl methyl sites for hydroxylation is 2. The maximum absolute atomic E-state index is 4.90. The van der Waals surface area contributed by atoms with Gasteiger partial charge in [0.25, 0.3) is 0 Å². The number of hydrogen-bond donors (Lipinski definition) is 0. The van der Waals surface area contributed by atoms with Gasteiger partial charge in [0, 0.05) is 44.5 Å². The molecule has 0 N–H and O–H groups in total. The molecular weight excluding hydrogens is 448 g/mol. The molecule has 5 aromatic rings. The van der Waals surface area contributed by atoms with E-state index in [0.29, 0.717) is 0 Å². The van der Waals surface area contributed by atoms with Crippen molar-refractivity contribution in [2.45, 2.75) is 13.8 Å². The van der Waals surface area contributed by atoms with Crippen molar-refractivity contribution in [2.75, 3.05) is 0 Å². The Labute approximate surface area is 186 Å². The molecule has 5 rings (SSSR count). The van der Waals surface area contributed by atoms with Crippen LogP contribution in [0.1, 0.15) is 11.4 Å². The minimum Gasteiger partial charge on any atom is -0.251 e. The molecule has 0 amide bonds.